The van der Waals surface area contributed by atoms with Gasteiger partial charge in [-0.05, 0) is 96.2 Å². The Balaban J connectivity index is 1.30. The van der Waals surface area contributed by atoms with Crippen LogP contribution in [0.15, 0.2) is 114 Å². The average Bonchev–Trinajstić information content (AvgIpc) is 1.40. The number of benzene rings is 4. The third-order valence-corrected chi connectivity index (χ3v) is 16.1. The summed E-state index contributed by atoms with van der Waals surface area (Å²) < 4.78 is 0. The molecule has 10 atom stereocenters. The minimum absolute atomic E-state index is 0.0154. The van der Waals surface area contributed by atoms with Gasteiger partial charge in [-0.15, -0.1) is 0 Å². The smallest absolute Gasteiger partial charge is 0.247 e. The van der Waals surface area contributed by atoms with Crippen molar-refractivity contribution < 1.29 is 57.5 Å². The number of aliphatic imine (C=N–C) groups is 1. The first-order valence-corrected chi connectivity index (χ1v) is 31.3. The number of nitrogens with zero attached hydrogens (tertiary/aromatic N) is 3. The van der Waals surface area contributed by atoms with Crippen LogP contribution >= 0.6 is 0 Å². The van der Waals surface area contributed by atoms with Crippen molar-refractivity contribution in [3.63, 3.8) is 0 Å². The number of carbonyl (C=O) groups excluding carboxylic acids is 12. The highest BCUT2D eigenvalue weighted by Gasteiger charge is 2.41. The molecule has 12 amide bonds. The zero-order chi connectivity index (χ0) is 68.2. The molecule has 2 aliphatic rings. The lowest BCUT2D eigenvalue weighted by atomic mass is 9.99. The predicted molar refractivity (Wildman–Crippen MR) is 349 cm³/mol. The number of hydrogen-bond acceptors (Lipinski definition) is 14. The maximum atomic E-state index is 15.0. The Labute approximate surface area is 543 Å². The molecule has 1 aromatic heterocycles. The highest BCUT2D eigenvalue weighted by Crippen LogP contribution is 2.22. The van der Waals surface area contributed by atoms with Crippen molar-refractivity contribution in [2.24, 2.45) is 28.1 Å². The number of carbonyl (C=O) groups is 12. The van der Waals surface area contributed by atoms with Gasteiger partial charge < -0.3 is 75.3 Å². The lowest BCUT2D eigenvalue weighted by Crippen LogP contribution is -2.61. The molecule has 16 N–H and O–H groups in total. The van der Waals surface area contributed by atoms with Crippen molar-refractivity contribution in [2.45, 2.75) is 153 Å². The Morgan fingerprint density at radius 2 is 1.24 bits per heavy atom. The SMILES string of the molecule is CC(=O)N[C@H](Cc1ccc2ccccc2c1)C(=O)N[C@@H]1CC(=O)NC[C@@H](C(=O)N2CCC[C@H]2C(=O)N[C@@H](C)C(N)=O)NC(=O)[C@H](CC(C)C)NC(=O)[C@H](Cc2ccc3ccccc3c2)NC(=O)[C@H](CCCN=C(N)N)NC(=O)[C@H](C)NC(=O)[C@H](Cc2cccnc2)NC1=O. The summed E-state index contributed by atoms with van der Waals surface area (Å²) in [5.41, 5.74) is 18.3. The third-order valence-electron chi connectivity index (χ3n) is 16.1. The quantitative estimate of drug-likeness (QED) is 0.0266. The predicted octanol–water partition coefficient (Wildman–Crippen LogP) is -1.07. The van der Waals surface area contributed by atoms with E-state index in [2.05, 4.69) is 63.1 Å². The van der Waals surface area contributed by atoms with Gasteiger partial charge in [-0.1, -0.05) is 105 Å². The van der Waals surface area contributed by atoms with Gasteiger partial charge in [0.2, 0.25) is 70.9 Å². The molecule has 94 heavy (non-hydrogen) atoms. The second kappa shape index (κ2) is 33.7. The number of hydrogen-bond donors (Lipinski definition) is 13. The van der Waals surface area contributed by atoms with Crippen molar-refractivity contribution in [3.05, 3.63) is 126 Å². The van der Waals surface area contributed by atoms with E-state index < -0.39 is 144 Å². The molecule has 500 valence electrons. The molecule has 0 aliphatic carbocycles. The average molecular weight is 1290 g/mol. The maximum absolute atomic E-state index is 15.0. The number of guanidine groups is 1. The Morgan fingerprint density at radius 1 is 0.660 bits per heavy atom. The van der Waals surface area contributed by atoms with Crippen molar-refractivity contribution in [3.8, 4) is 0 Å². The van der Waals surface area contributed by atoms with Gasteiger partial charge in [-0.2, -0.15) is 0 Å². The number of nitrogens with two attached hydrogens (primary N) is 3. The Morgan fingerprint density at radius 3 is 1.87 bits per heavy atom. The number of rotatable bonds is 19. The number of nitrogens with one attached hydrogen (secondary N) is 10. The highest BCUT2D eigenvalue weighted by molar-refractivity contribution is 6.00. The first kappa shape index (κ1) is 70.9. The van der Waals surface area contributed by atoms with Crippen LogP contribution in [0.3, 0.4) is 0 Å². The van der Waals surface area contributed by atoms with Gasteiger partial charge in [0.1, 0.15) is 60.4 Å². The molecule has 0 bridgehead atoms. The molecular formula is C66H84N16O12. The Hall–Kier alpha value is -10.5. The largest absolute Gasteiger partial charge is 0.370 e. The summed E-state index contributed by atoms with van der Waals surface area (Å²) in [7, 11) is 0. The minimum atomic E-state index is -1.86. The molecule has 4 aromatic carbocycles. The molecule has 2 aliphatic heterocycles. The standard InChI is InChI=1S/C66H84N16O12/c1-36(2)27-48-60(89)81-53(65(94)82-26-12-19-54(82)64(93)73-37(3)56(67)85)35-72-55(84)33-52(80-61(90)49(75-39(5)83)30-40-20-22-43-14-6-8-16-45(43)28-40)63(92)79-51(32-42-13-10-24-70-34-42)59(88)74-38(4)57(86)76-47(18-11-25-71-66(68)69)58(87)78-50(62(91)77-48)31-41-21-23-44-15-7-9-17-46(44)29-41/h6-10,13-17,20-24,28-29,34,36-38,47-54H,11-12,18-19,25-27,30-33,35H2,1-5H3,(H2,67,85)(H,72,84)(H,73,93)(H,74,88)(H,75,83)(H,76,86)(H,77,91)(H,78,87)(H,79,92)(H,80,90)(H,81,89)(H4,68,69,71)/t37-,38-,47-,48-,49+,50-,51-,52+,53-,54-/m0/s1. The van der Waals surface area contributed by atoms with Crippen LogP contribution in [0.2, 0.25) is 0 Å². The van der Waals surface area contributed by atoms with Crippen LogP contribution < -0.4 is 70.4 Å². The topological polar surface area (TPSA) is 432 Å². The third kappa shape index (κ3) is 20.7. The Kier molecular flexibility index (Phi) is 25.4. The van der Waals surface area contributed by atoms with Gasteiger partial charge in [0.05, 0.1) is 6.42 Å². The van der Waals surface area contributed by atoms with Crippen LogP contribution in [0.4, 0.5) is 0 Å². The molecule has 0 spiro atoms. The zero-order valence-electron chi connectivity index (χ0n) is 53.2. The summed E-state index contributed by atoms with van der Waals surface area (Å²) >= 11 is 0. The first-order chi connectivity index (χ1) is 44.8. The van der Waals surface area contributed by atoms with Crippen LogP contribution in [0.5, 0.6) is 0 Å². The van der Waals surface area contributed by atoms with Crippen LogP contribution in [0, 0.1) is 5.92 Å². The molecule has 0 saturated carbocycles. The molecule has 2 saturated heterocycles. The van der Waals surface area contributed by atoms with Gasteiger partial charge in [0.15, 0.2) is 5.96 Å². The molecule has 0 unspecified atom stereocenters. The van der Waals surface area contributed by atoms with Crippen molar-refractivity contribution in [1.82, 2.24) is 63.1 Å². The highest BCUT2D eigenvalue weighted by atomic mass is 16.2. The fraction of sp³-hybridized carbons (Fsp3) is 0.424. The summed E-state index contributed by atoms with van der Waals surface area (Å²) in [6.45, 7) is 6.70. The van der Waals surface area contributed by atoms with Gasteiger partial charge in [-0.3, -0.25) is 67.5 Å². The maximum Gasteiger partial charge on any atom is 0.247 e. The number of likely N-dealkylation sites (tertiary alicyclic amines) is 1. The zero-order valence-corrected chi connectivity index (χ0v) is 53.2. The lowest BCUT2D eigenvalue weighted by molar-refractivity contribution is -0.142. The number of aromatic nitrogens is 1. The van der Waals surface area contributed by atoms with E-state index >= 15 is 9.59 Å². The van der Waals surface area contributed by atoms with Gasteiger partial charge >= 0.3 is 0 Å². The van der Waals surface area contributed by atoms with E-state index in [9.17, 15) is 47.9 Å². The number of primary amides is 1. The van der Waals surface area contributed by atoms with Gasteiger partial charge in [0.25, 0.3) is 0 Å². The van der Waals surface area contributed by atoms with Gasteiger partial charge in [-0.25, -0.2) is 0 Å². The number of amides is 12. The van der Waals surface area contributed by atoms with Crippen LogP contribution in [-0.4, -0.2) is 167 Å². The van der Waals surface area contributed by atoms with E-state index in [1.165, 1.54) is 38.1 Å². The fourth-order valence-electron chi connectivity index (χ4n) is 11.1. The van der Waals surface area contributed by atoms with Gasteiger partial charge in [0, 0.05) is 58.2 Å². The van der Waals surface area contributed by atoms with E-state index in [0.717, 1.165) is 21.5 Å². The number of fused-ring (bicyclic) bond motifs is 2. The lowest BCUT2D eigenvalue weighted by Gasteiger charge is -2.31. The van der Waals surface area contributed by atoms with Crippen LogP contribution in [-0.2, 0) is 76.8 Å². The van der Waals surface area contributed by atoms with E-state index in [1.54, 1.807) is 38.1 Å². The van der Waals surface area contributed by atoms with E-state index in [-0.39, 0.29) is 69.9 Å². The van der Waals surface area contributed by atoms with E-state index in [0.29, 0.717) is 23.1 Å². The molecule has 2 fully saturated rings. The molecule has 3 heterocycles. The van der Waals surface area contributed by atoms with Crippen molar-refractivity contribution >= 4 is 98.4 Å². The molecule has 7 rings (SSSR count). The first-order valence-electron chi connectivity index (χ1n) is 31.3. The summed E-state index contributed by atoms with van der Waals surface area (Å²) in [5.74, 6) is -11.1. The number of pyridine rings is 1. The minimum Gasteiger partial charge on any atom is -0.370 e. The molecule has 5 aromatic rings. The Bertz CT molecular complexity index is 3640. The van der Waals surface area contributed by atoms with Crippen molar-refractivity contribution in [2.75, 3.05) is 19.6 Å². The summed E-state index contributed by atoms with van der Waals surface area (Å²) in [5, 5.41) is 29.9. The van der Waals surface area contributed by atoms with Crippen LogP contribution in [0.1, 0.15) is 89.8 Å². The molecule has 28 heteroatoms. The van der Waals surface area contributed by atoms with Crippen molar-refractivity contribution in [1.29, 1.82) is 0 Å². The second-order valence-corrected chi connectivity index (χ2v) is 24.1. The molecule has 0 radical (unpaired) electrons. The summed E-state index contributed by atoms with van der Waals surface area (Å²) in [4.78, 5) is 181. The van der Waals surface area contributed by atoms with Crippen LogP contribution in [0.25, 0.3) is 21.5 Å². The summed E-state index contributed by atoms with van der Waals surface area (Å²) in [6, 6.07) is 14.4. The fourth-order valence-corrected chi connectivity index (χ4v) is 11.1. The van der Waals surface area contributed by atoms with E-state index in [4.69, 9.17) is 17.2 Å². The molecular weight excluding hydrogens is 1210 g/mol. The molecule has 28 nitrogen and oxygen atoms in total. The normalized spacial score (nSPS) is 22.0. The summed E-state index contributed by atoms with van der Waals surface area (Å²) in [6.07, 6.45) is 1.89. The second-order valence-electron chi connectivity index (χ2n) is 24.1. The monoisotopic (exact) mass is 1290 g/mol. The van der Waals surface area contributed by atoms with E-state index in [1.807, 2.05) is 72.8 Å².